The van der Waals surface area contributed by atoms with E-state index >= 15 is 0 Å². The van der Waals surface area contributed by atoms with Gasteiger partial charge in [0.1, 0.15) is 0 Å². The van der Waals surface area contributed by atoms with Crippen molar-refractivity contribution < 1.29 is 4.92 Å². The lowest BCUT2D eigenvalue weighted by Crippen LogP contribution is -2.03. The molecule has 0 aliphatic carbocycles. The highest BCUT2D eigenvalue weighted by Gasteiger charge is 2.10. The van der Waals surface area contributed by atoms with E-state index < -0.39 is 4.92 Å². The second-order valence-electron chi connectivity index (χ2n) is 4.53. The summed E-state index contributed by atoms with van der Waals surface area (Å²) in [4.78, 5) is 10.3. The molecule has 0 saturated carbocycles. The van der Waals surface area contributed by atoms with E-state index in [4.69, 9.17) is 16.9 Å². The summed E-state index contributed by atoms with van der Waals surface area (Å²) >= 11 is 6.05. The Morgan fingerprint density at radius 2 is 2.10 bits per heavy atom. The fraction of sp³-hybridized carbons (Fsp3) is 0.133. The fourth-order valence-corrected chi connectivity index (χ4v) is 2.07. The highest BCUT2D eigenvalue weighted by Crippen LogP contribution is 2.24. The maximum absolute atomic E-state index is 10.8. The number of non-ortho nitro benzene ring substituents is 1. The van der Waals surface area contributed by atoms with E-state index in [1.807, 2.05) is 13.0 Å². The van der Waals surface area contributed by atoms with Gasteiger partial charge in [-0.1, -0.05) is 17.7 Å². The van der Waals surface area contributed by atoms with Gasteiger partial charge in [0, 0.05) is 29.4 Å². The molecule has 6 heteroatoms. The number of nitro groups is 1. The number of benzene rings is 2. The molecule has 0 bridgehead atoms. The van der Waals surface area contributed by atoms with Crippen LogP contribution in [0.25, 0.3) is 0 Å². The van der Waals surface area contributed by atoms with Crippen LogP contribution in [0.4, 0.5) is 11.4 Å². The summed E-state index contributed by atoms with van der Waals surface area (Å²) in [5.74, 6) is 0. The van der Waals surface area contributed by atoms with Crippen LogP contribution in [-0.4, -0.2) is 4.92 Å². The molecule has 0 aromatic heterocycles. The Morgan fingerprint density at radius 1 is 1.33 bits per heavy atom. The number of nitriles is 1. The fourth-order valence-electron chi connectivity index (χ4n) is 1.88. The van der Waals surface area contributed by atoms with Crippen LogP contribution >= 0.6 is 11.6 Å². The highest BCUT2D eigenvalue weighted by atomic mass is 35.5. The zero-order chi connectivity index (χ0) is 15.4. The molecule has 2 rings (SSSR count). The van der Waals surface area contributed by atoms with Crippen molar-refractivity contribution in [3.05, 3.63) is 68.2 Å². The van der Waals surface area contributed by atoms with Gasteiger partial charge in [-0.3, -0.25) is 10.1 Å². The van der Waals surface area contributed by atoms with Crippen LogP contribution < -0.4 is 5.32 Å². The van der Waals surface area contributed by atoms with Crippen molar-refractivity contribution in [3.63, 3.8) is 0 Å². The Bertz CT molecular complexity index is 738. The van der Waals surface area contributed by atoms with Gasteiger partial charge in [0.25, 0.3) is 5.69 Å². The number of aryl methyl sites for hydroxylation is 1. The molecule has 21 heavy (non-hydrogen) atoms. The van der Waals surface area contributed by atoms with E-state index in [0.717, 1.165) is 11.3 Å². The minimum absolute atomic E-state index is 0.00121. The van der Waals surface area contributed by atoms with Gasteiger partial charge >= 0.3 is 0 Å². The average molecular weight is 302 g/mol. The van der Waals surface area contributed by atoms with Crippen molar-refractivity contribution in [2.75, 3.05) is 5.32 Å². The normalized spacial score (nSPS) is 9.95. The number of nitrogens with one attached hydrogen (secondary N) is 1. The molecule has 0 amide bonds. The first-order valence-corrected chi connectivity index (χ1v) is 6.56. The molecule has 0 unspecified atom stereocenters. The molecule has 2 aromatic carbocycles. The number of anilines is 1. The Kier molecular flexibility index (Phi) is 4.41. The molecule has 0 heterocycles. The van der Waals surface area contributed by atoms with E-state index in [2.05, 4.69) is 11.4 Å². The van der Waals surface area contributed by atoms with Crippen LogP contribution in [0.1, 0.15) is 16.7 Å². The van der Waals surface area contributed by atoms with Crippen LogP contribution in [0.3, 0.4) is 0 Å². The predicted octanol–water partition coefficient (Wildman–Crippen LogP) is 4.04. The molecular formula is C15H12ClN3O2. The summed E-state index contributed by atoms with van der Waals surface area (Å²) in [7, 11) is 0. The molecule has 0 spiro atoms. The third-order valence-corrected chi connectivity index (χ3v) is 3.44. The van der Waals surface area contributed by atoms with Gasteiger partial charge in [0.15, 0.2) is 0 Å². The second kappa shape index (κ2) is 6.25. The largest absolute Gasteiger partial charge is 0.381 e. The monoisotopic (exact) mass is 301 g/mol. The van der Waals surface area contributed by atoms with E-state index in [-0.39, 0.29) is 5.69 Å². The average Bonchev–Trinajstić information content (AvgIpc) is 2.47. The molecule has 0 atom stereocenters. The van der Waals surface area contributed by atoms with Crippen molar-refractivity contribution in [3.8, 4) is 6.07 Å². The van der Waals surface area contributed by atoms with Gasteiger partial charge in [0.05, 0.1) is 16.6 Å². The van der Waals surface area contributed by atoms with E-state index in [9.17, 15) is 10.1 Å². The summed E-state index contributed by atoms with van der Waals surface area (Å²) in [6.07, 6.45) is 0. The Morgan fingerprint density at radius 3 is 2.76 bits per heavy atom. The number of nitro benzene ring substituents is 1. The van der Waals surface area contributed by atoms with Crippen molar-refractivity contribution in [2.24, 2.45) is 0 Å². The van der Waals surface area contributed by atoms with E-state index in [0.29, 0.717) is 22.7 Å². The molecule has 106 valence electrons. The van der Waals surface area contributed by atoms with E-state index in [1.54, 1.807) is 12.1 Å². The molecule has 0 fully saturated rings. The quantitative estimate of drug-likeness (QED) is 0.682. The van der Waals surface area contributed by atoms with Crippen LogP contribution in [0, 0.1) is 28.4 Å². The summed E-state index contributed by atoms with van der Waals surface area (Å²) in [6, 6.07) is 11.7. The molecule has 0 radical (unpaired) electrons. The van der Waals surface area contributed by atoms with Crippen molar-refractivity contribution >= 4 is 23.0 Å². The molecule has 1 N–H and O–H groups in total. The lowest BCUT2D eigenvalue weighted by molar-refractivity contribution is -0.384. The Labute approximate surface area is 126 Å². The number of hydrogen-bond donors (Lipinski definition) is 1. The summed E-state index contributed by atoms with van der Waals surface area (Å²) in [5, 5.41) is 23.3. The smallest absolute Gasteiger partial charge is 0.269 e. The highest BCUT2D eigenvalue weighted by molar-refractivity contribution is 6.31. The van der Waals surface area contributed by atoms with Crippen LogP contribution in [0.5, 0.6) is 0 Å². The first-order valence-electron chi connectivity index (χ1n) is 6.18. The van der Waals surface area contributed by atoms with Crippen molar-refractivity contribution in [1.82, 2.24) is 0 Å². The van der Waals surface area contributed by atoms with Gasteiger partial charge in [-0.05, 0) is 36.2 Å². The number of hydrogen-bond acceptors (Lipinski definition) is 4. The van der Waals surface area contributed by atoms with Gasteiger partial charge in [-0.2, -0.15) is 5.26 Å². The zero-order valence-corrected chi connectivity index (χ0v) is 12.0. The molecule has 5 nitrogen and oxygen atoms in total. The van der Waals surface area contributed by atoms with Gasteiger partial charge in [0.2, 0.25) is 0 Å². The van der Waals surface area contributed by atoms with Gasteiger partial charge < -0.3 is 5.32 Å². The minimum Gasteiger partial charge on any atom is -0.381 e. The zero-order valence-electron chi connectivity index (χ0n) is 11.3. The van der Waals surface area contributed by atoms with Crippen LogP contribution in [0.15, 0.2) is 36.4 Å². The van der Waals surface area contributed by atoms with E-state index in [1.165, 1.54) is 18.2 Å². The number of halogens is 1. The maximum Gasteiger partial charge on any atom is 0.269 e. The predicted molar refractivity (Wildman–Crippen MR) is 81.3 cm³/mol. The first-order chi connectivity index (χ1) is 10.0. The molecule has 0 aliphatic heterocycles. The molecule has 0 aliphatic rings. The summed E-state index contributed by atoms with van der Waals surface area (Å²) in [5.41, 5.74) is 2.96. The lowest BCUT2D eigenvalue weighted by atomic mass is 10.1. The first kappa shape index (κ1) is 14.8. The van der Waals surface area contributed by atoms with Crippen LogP contribution in [0.2, 0.25) is 5.02 Å². The Balaban J connectivity index is 2.22. The van der Waals surface area contributed by atoms with Crippen molar-refractivity contribution in [2.45, 2.75) is 13.5 Å². The molecular weight excluding hydrogens is 290 g/mol. The summed E-state index contributed by atoms with van der Waals surface area (Å²) in [6.45, 7) is 2.26. The topological polar surface area (TPSA) is 79.0 Å². The standard InChI is InChI=1S/C15H12ClN3O2/c1-10-2-3-11(8-17)6-15(10)18-9-12-7-13(19(20)21)4-5-14(12)16/h2-7,18H,9H2,1H3. The minimum atomic E-state index is -0.457. The third-order valence-electron chi connectivity index (χ3n) is 3.08. The number of rotatable bonds is 4. The maximum atomic E-state index is 10.8. The molecule has 2 aromatic rings. The second-order valence-corrected chi connectivity index (χ2v) is 4.94. The number of nitrogens with zero attached hydrogens (tertiary/aromatic N) is 2. The van der Waals surface area contributed by atoms with Gasteiger partial charge in [-0.25, -0.2) is 0 Å². The third kappa shape index (κ3) is 3.50. The van der Waals surface area contributed by atoms with Crippen molar-refractivity contribution in [1.29, 1.82) is 5.26 Å². The van der Waals surface area contributed by atoms with Gasteiger partial charge in [-0.15, -0.1) is 0 Å². The Hall–Kier alpha value is -2.58. The SMILES string of the molecule is Cc1ccc(C#N)cc1NCc1cc([N+](=O)[O-])ccc1Cl. The molecule has 0 saturated heterocycles. The summed E-state index contributed by atoms with van der Waals surface area (Å²) < 4.78 is 0. The van der Waals surface area contributed by atoms with Crippen LogP contribution in [-0.2, 0) is 6.54 Å². The lowest BCUT2D eigenvalue weighted by Gasteiger charge is -2.11.